The van der Waals surface area contributed by atoms with Crippen molar-refractivity contribution in [2.24, 2.45) is 0 Å². The number of rotatable bonds is 5. The van der Waals surface area contributed by atoms with E-state index in [1.54, 1.807) is 0 Å². The van der Waals surface area contributed by atoms with Gasteiger partial charge in [0.05, 0.1) is 19.4 Å². The molecule has 1 saturated heterocycles. The summed E-state index contributed by atoms with van der Waals surface area (Å²) in [6, 6.07) is 4.11. The third kappa shape index (κ3) is 3.22. The quantitative estimate of drug-likeness (QED) is 0.802. The lowest BCUT2D eigenvalue weighted by Gasteiger charge is -2.23. The Morgan fingerprint density at radius 3 is 2.83 bits per heavy atom. The van der Waals surface area contributed by atoms with Crippen LogP contribution in [-0.4, -0.2) is 24.3 Å². The highest BCUT2D eigenvalue weighted by molar-refractivity contribution is 5.24. The third-order valence-corrected chi connectivity index (χ3v) is 3.50. The van der Waals surface area contributed by atoms with E-state index in [9.17, 15) is 0 Å². The van der Waals surface area contributed by atoms with Gasteiger partial charge in [0.1, 0.15) is 11.9 Å². The van der Waals surface area contributed by atoms with Crippen LogP contribution in [-0.2, 0) is 10.2 Å². The smallest absolute Gasteiger partial charge is 0.138 e. The first-order valence-electron chi connectivity index (χ1n) is 6.83. The van der Waals surface area contributed by atoms with E-state index in [0.717, 1.165) is 30.9 Å². The molecule has 0 radical (unpaired) electrons. The van der Waals surface area contributed by atoms with Gasteiger partial charge in [-0.05, 0) is 18.6 Å². The number of ether oxygens (including phenoxy) is 2. The second-order valence-electron chi connectivity index (χ2n) is 5.62. The van der Waals surface area contributed by atoms with Crippen LogP contribution in [0.4, 0.5) is 0 Å². The zero-order chi connectivity index (χ0) is 13.0. The molecule has 3 nitrogen and oxygen atoms in total. The van der Waals surface area contributed by atoms with Crippen LogP contribution in [0.15, 0.2) is 18.3 Å². The van der Waals surface area contributed by atoms with Gasteiger partial charge in [-0.1, -0.05) is 27.2 Å². The van der Waals surface area contributed by atoms with Gasteiger partial charge in [-0.3, -0.25) is 4.98 Å². The summed E-state index contributed by atoms with van der Waals surface area (Å²) in [6.07, 6.45) is 5.33. The fraction of sp³-hybridized carbons (Fsp3) is 0.667. The Hall–Kier alpha value is -1.09. The number of nitrogens with zero attached hydrogens (tertiary/aromatic N) is 1. The monoisotopic (exact) mass is 249 g/mol. The minimum atomic E-state index is 0.143. The number of aromatic nitrogens is 1. The molecule has 0 aliphatic carbocycles. The van der Waals surface area contributed by atoms with E-state index >= 15 is 0 Å². The number of hydrogen-bond acceptors (Lipinski definition) is 3. The summed E-state index contributed by atoms with van der Waals surface area (Å²) >= 11 is 0. The van der Waals surface area contributed by atoms with E-state index in [1.807, 2.05) is 12.3 Å². The highest BCUT2D eigenvalue weighted by Crippen LogP contribution is 2.28. The molecular weight excluding hydrogens is 226 g/mol. The predicted molar refractivity (Wildman–Crippen MR) is 72.0 cm³/mol. The molecule has 0 aromatic carbocycles. The fourth-order valence-corrected chi connectivity index (χ4v) is 2.40. The SMILES string of the molecule is CCCC(C)(C)c1ccc(O[C@H]2CCOC2)cn1. The first-order chi connectivity index (χ1) is 8.62. The summed E-state index contributed by atoms with van der Waals surface area (Å²) < 4.78 is 11.1. The standard InChI is InChI=1S/C15H23NO2/c1-4-8-15(2,3)14-6-5-12(10-16-14)18-13-7-9-17-11-13/h5-6,10,13H,4,7-9,11H2,1-3H3/t13-/m0/s1. The zero-order valence-electron chi connectivity index (χ0n) is 11.6. The fourth-order valence-electron chi connectivity index (χ4n) is 2.40. The van der Waals surface area contributed by atoms with Crippen molar-refractivity contribution in [3.63, 3.8) is 0 Å². The average molecular weight is 249 g/mol. The van der Waals surface area contributed by atoms with Crippen LogP contribution in [0.3, 0.4) is 0 Å². The van der Waals surface area contributed by atoms with Crippen LogP contribution in [0.2, 0.25) is 0 Å². The molecule has 2 heterocycles. The third-order valence-electron chi connectivity index (χ3n) is 3.50. The molecule has 18 heavy (non-hydrogen) atoms. The molecule has 1 fully saturated rings. The van der Waals surface area contributed by atoms with Gasteiger partial charge in [0.15, 0.2) is 0 Å². The molecule has 3 heteroatoms. The first kappa shape index (κ1) is 13.3. The first-order valence-corrected chi connectivity index (χ1v) is 6.83. The molecule has 1 aliphatic rings. The second-order valence-corrected chi connectivity index (χ2v) is 5.62. The number of hydrogen-bond donors (Lipinski definition) is 0. The Kier molecular flexibility index (Phi) is 4.23. The Bertz CT molecular complexity index is 367. The molecule has 0 saturated carbocycles. The van der Waals surface area contributed by atoms with Crippen molar-refractivity contribution in [2.75, 3.05) is 13.2 Å². The van der Waals surface area contributed by atoms with Gasteiger partial charge in [-0.2, -0.15) is 0 Å². The van der Waals surface area contributed by atoms with Crippen LogP contribution >= 0.6 is 0 Å². The summed E-state index contributed by atoms with van der Waals surface area (Å²) in [5, 5.41) is 0. The summed E-state index contributed by atoms with van der Waals surface area (Å²) in [4.78, 5) is 4.55. The van der Waals surface area contributed by atoms with Crippen LogP contribution in [0.5, 0.6) is 5.75 Å². The Balaban J connectivity index is 2.00. The minimum Gasteiger partial charge on any atom is -0.486 e. The Morgan fingerprint density at radius 1 is 1.44 bits per heavy atom. The maximum Gasteiger partial charge on any atom is 0.138 e. The van der Waals surface area contributed by atoms with E-state index in [-0.39, 0.29) is 11.5 Å². The Labute approximate surface area is 110 Å². The molecule has 1 aromatic heterocycles. The molecule has 0 spiro atoms. The molecule has 1 aliphatic heterocycles. The van der Waals surface area contributed by atoms with Crippen molar-refractivity contribution in [1.29, 1.82) is 0 Å². The van der Waals surface area contributed by atoms with Crippen molar-refractivity contribution >= 4 is 0 Å². The topological polar surface area (TPSA) is 31.4 Å². The normalized spacial score (nSPS) is 20.1. The van der Waals surface area contributed by atoms with Crippen molar-refractivity contribution in [2.45, 2.75) is 51.6 Å². The van der Waals surface area contributed by atoms with Gasteiger partial charge < -0.3 is 9.47 Å². The van der Waals surface area contributed by atoms with E-state index in [0.29, 0.717) is 6.61 Å². The maximum atomic E-state index is 5.82. The van der Waals surface area contributed by atoms with Gasteiger partial charge >= 0.3 is 0 Å². The molecule has 1 atom stereocenters. The van der Waals surface area contributed by atoms with Gasteiger partial charge in [-0.15, -0.1) is 0 Å². The summed E-state index contributed by atoms with van der Waals surface area (Å²) in [5.74, 6) is 0.849. The summed E-state index contributed by atoms with van der Waals surface area (Å²) in [5.41, 5.74) is 1.28. The van der Waals surface area contributed by atoms with E-state index in [1.165, 1.54) is 6.42 Å². The molecule has 0 bridgehead atoms. The van der Waals surface area contributed by atoms with Crippen molar-refractivity contribution in [1.82, 2.24) is 4.98 Å². The lowest BCUT2D eigenvalue weighted by atomic mass is 9.84. The minimum absolute atomic E-state index is 0.143. The van der Waals surface area contributed by atoms with Crippen LogP contribution in [0.1, 0.15) is 45.7 Å². The molecule has 0 N–H and O–H groups in total. The summed E-state index contributed by atoms with van der Waals surface area (Å²) in [7, 11) is 0. The average Bonchev–Trinajstić information content (AvgIpc) is 2.82. The van der Waals surface area contributed by atoms with Gasteiger partial charge in [-0.25, -0.2) is 0 Å². The highest BCUT2D eigenvalue weighted by Gasteiger charge is 2.21. The molecule has 0 unspecified atom stereocenters. The molecular formula is C15H23NO2. The van der Waals surface area contributed by atoms with E-state index < -0.39 is 0 Å². The molecule has 1 aromatic rings. The van der Waals surface area contributed by atoms with Crippen LogP contribution in [0.25, 0.3) is 0 Å². The van der Waals surface area contributed by atoms with Crippen LogP contribution in [0, 0.1) is 0 Å². The maximum absolute atomic E-state index is 5.82. The Morgan fingerprint density at radius 2 is 2.28 bits per heavy atom. The predicted octanol–water partition coefficient (Wildman–Crippen LogP) is 3.33. The van der Waals surface area contributed by atoms with Crippen molar-refractivity contribution < 1.29 is 9.47 Å². The van der Waals surface area contributed by atoms with Crippen molar-refractivity contribution in [3.8, 4) is 5.75 Å². The van der Waals surface area contributed by atoms with Gasteiger partial charge in [0, 0.05) is 17.5 Å². The highest BCUT2D eigenvalue weighted by atomic mass is 16.5. The molecule has 100 valence electrons. The number of pyridine rings is 1. The second kappa shape index (κ2) is 5.70. The molecule has 0 amide bonds. The lowest BCUT2D eigenvalue weighted by molar-refractivity contribution is 0.141. The molecule has 2 rings (SSSR count). The van der Waals surface area contributed by atoms with E-state index in [2.05, 4.69) is 31.8 Å². The largest absolute Gasteiger partial charge is 0.486 e. The van der Waals surface area contributed by atoms with Crippen molar-refractivity contribution in [3.05, 3.63) is 24.0 Å². The zero-order valence-corrected chi connectivity index (χ0v) is 11.6. The van der Waals surface area contributed by atoms with Gasteiger partial charge in [0.2, 0.25) is 0 Å². The lowest BCUT2D eigenvalue weighted by Crippen LogP contribution is -2.19. The van der Waals surface area contributed by atoms with Gasteiger partial charge in [0.25, 0.3) is 0 Å². The van der Waals surface area contributed by atoms with E-state index in [4.69, 9.17) is 9.47 Å². The van der Waals surface area contributed by atoms with Crippen LogP contribution < -0.4 is 4.74 Å². The summed E-state index contributed by atoms with van der Waals surface area (Å²) in [6.45, 7) is 8.19.